The molecule has 1 unspecified atom stereocenters. The molecule has 25 heavy (non-hydrogen) atoms. The van der Waals surface area contributed by atoms with Crippen molar-refractivity contribution in [1.82, 2.24) is 9.97 Å². The largest absolute Gasteiger partial charge is 0.450 e. The van der Waals surface area contributed by atoms with Crippen molar-refractivity contribution in [3.05, 3.63) is 48.0 Å². The third-order valence-electron chi connectivity index (χ3n) is 4.67. The number of hydrogen-bond acceptors (Lipinski definition) is 6. The molecule has 1 atom stereocenters. The third kappa shape index (κ3) is 2.81. The van der Waals surface area contributed by atoms with Crippen LogP contribution in [0, 0.1) is 13.8 Å². The number of aromatic nitrogens is 2. The fourth-order valence-electron chi connectivity index (χ4n) is 3.17. The minimum absolute atomic E-state index is 0.181. The van der Waals surface area contributed by atoms with Crippen molar-refractivity contribution in [2.45, 2.75) is 46.1 Å². The van der Waals surface area contributed by atoms with Crippen LogP contribution in [0.15, 0.2) is 10.9 Å². The van der Waals surface area contributed by atoms with E-state index in [1.165, 1.54) is 33.1 Å². The summed E-state index contributed by atoms with van der Waals surface area (Å²) in [5.74, 6) is 0.0318. The first kappa shape index (κ1) is 16.5. The molecule has 0 radical (unpaired) electrons. The molecule has 1 N–H and O–H groups in total. The van der Waals surface area contributed by atoms with Crippen LogP contribution in [-0.2, 0) is 17.6 Å². The summed E-state index contributed by atoms with van der Waals surface area (Å²) in [6.45, 7) is 5.63. The van der Waals surface area contributed by atoms with Crippen molar-refractivity contribution < 1.29 is 9.53 Å². The highest BCUT2D eigenvalue weighted by Gasteiger charge is 2.23. The molecular formula is C18H18N2O3S2. The van der Waals surface area contributed by atoms with Gasteiger partial charge in [-0.1, -0.05) is 0 Å². The molecule has 0 aliphatic heterocycles. The number of aromatic amines is 1. The van der Waals surface area contributed by atoms with Gasteiger partial charge < -0.3 is 9.72 Å². The zero-order valence-corrected chi connectivity index (χ0v) is 15.9. The summed E-state index contributed by atoms with van der Waals surface area (Å²) in [6, 6.07) is 1.94. The van der Waals surface area contributed by atoms with Gasteiger partial charge in [-0.3, -0.25) is 4.79 Å². The number of nitrogens with zero attached hydrogens (tertiary/aromatic N) is 1. The molecule has 0 saturated carbocycles. The normalized spacial score (nSPS) is 14.7. The second-order valence-corrected chi connectivity index (χ2v) is 8.71. The Balaban J connectivity index is 1.60. The van der Waals surface area contributed by atoms with Gasteiger partial charge in [0.15, 0.2) is 11.9 Å². The Morgan fingerprint density at radius 2 is 2.12 bits per heavy atom. The number of H-pyrrole nitrogens is 1. The summed E-state index contributed by atoms with van der Waals surface area (Å²) in [7, 11) is 0. The zero-order valence-electron chi connectivity index (χ0n) is 14.3. The molecule has 0 amide bonds. The maximum atomic E-state index is 12.4. The predicted molar refractivity (Wildman–Crippen MR) is 99.9 cm³/mol. The van der Waals surface area contributed by atoms with Crippen LogP contribution in [-0.4, -0.2) is 15.9 Å². The number of ether oxygens (including phenoxy) is 1. The molecule has 0 saturated heterocycles. The van der Waals surface area contributed by atoms with E-state index in [1.807, 2.05) is 19.9 Å². The average molecular weight is 374 g/mol. The first-order valence-electron chi connectivity index (χ1n) is 8.26. The molecule has 5 nitrogen and oxygen atoms in total. The van der Waals surface area contributed by atoms with Crippen molar-refractivity contribution in [3.8, 4) is 0 Å². The number of carbonyl (C=O) groups excluding carboxylic acids is 1. The summed E-state index contributed by atoms with van der Waals surface area (Å²) in [5, 5.41) is 0.624. The van der Waals surface area contributed by atoms with Crippen LogP contribution in [0.2, 0.25) is 0 Å². The van der Waals surface area contributed by atoms with Gasteiger partial charge in [0.25, 0.3) is 5.56 Å². The summed E-state index contributed by atoms with van der Waals surface area (Å²) in [5.41, 5.74) is 2.04. The van der Waals surface area contributed by atoms with Gasteiger partial charge in [0.2, 0.25) is 0 Å². The number of thiophene rings is 2. The van der Waals surface area contributed by atoms with E-state index in [-0.39, 0.29) is 11.5 Å². The summed E-state index contributed by atoms with van der Waals surface area (Å²) in [6.07, 6.45) is 2.64. The predicted octanol–water partition coefficient (Wildman–Crippen LogP) is 4.07. The highest BCUT2D eigenvalue weighted by Crippen LogP contribution is 2.32. The standard InChI is InChI=1S/C18H18N2O3S2/c1-8-10(3)24-17-14(8)16(21)19-15(20-17)9(2)23-18(22)13-7-11-5-4-6-12(11)25-13/h7,9H,4-6H2,1-3H3,(H,19,20,21). The Bertz CT molecular complexity index is 1020. The lowest BCUT2D eigenvalue weighted by Crippen LogP contribution is -2.17. The molecule has 3 aromatic heterocycles. The van der Waals surface area contributed by atoms with E-state index < -0.39 is 6.10 Å². The maximum Gasteiger partial charge on any atom is 0.349 e. The molecule has 1 aliphatic carbocycles. The maximum absolute atomic E-state index is 12.4. The Hall–Kier alpha value is -1.99. The Morgan fingerprint density at radius 1 is 1.32 bits per heavy atom. The Morgan fingerprint density at radius 3 is 2.88 bits per heavy atom. The van der Waals surface area contributed by atoms with Crippen LogP contribution in [0.4, 0.5) is 0 Å². The van der Waals surface area contributed by atoms with Crippen LogP contribution in [0.5, 0.6) is 0 Å². The van der Waals surface area contributed by atoms with Gasteiger partial charge in [-0.15, -0.1) is 22.7 Å². The second kappa shape index (κ2) is 6.07. The zero-order chi connectivity index (χ0) is 17.7. The number of fused-ring (bicyclic) bond motifs is 2. The third-order valence-corrected chi connectivity index (χ3v) is 6.99. The van der Waals surface area contributed by atoms with Gasteiger partial charge >= 0.3 is 5.97 Å². The number of rotatable bonds is 3. The minimum atomic E-state index is -0.607. The van der Waals surface area contributed by atoms with Crippen molar-refractivity contribution in [2.24, 2.45) is 0 Å². The number of esters is 1. The molecule has 7 heteroatoms. The molecule has 0 spiro atoms. The molecule has 0 fully saturated rings. The van der Waals surface area contributed by atoms with Crippen LogP contribution < -0.4 is 5.56 Å². The number of carbonyl (C=O) groups is 1. The van der Waals surface area contributed by atoms with Crippen molar-refractivity contribution in [3.63, 3.8) is 0 Å². The van der Waals surface area contributed by atoms with Crippen LogP contribution in [0.3, 0.4) is 0 Å². The Kier molecular flexibility index (Phi) is 4.00. The number of aryl methyl sites for hydroxylation is 4. The highest BCUT2D eigenvalue weighted by atomic mass is 32.1. The van der Waals surface area contributed by atoms with Gasteiger partial charge in [0.05, 0.1) is 5.39 Å². The molecule has 0 aromatic carbocycles. The lowest BCUT2D eigenvalue weighted by molar-refractivity contribution is 0.0326. The SMILES string of the molecule is Cc1sc2nc(C(C)OC(=O)c3cc4c(s3)CCC4)[nH]c(=O)c2c1C. The summed E-state index contributed by atoms with van der Waals surface area (Å²) in [4.78, 5) is 35.7. The average Bonchev–Trinajstić information content (AvgIpc) is 3.21. The first-order valence-corrected chi connectivity index (χ1v) is 9.90. The lowest BCUT2D eigenvalue weighted by Gasteiger charge is -2.11. The second-order valence-electron chi connectivity index (χ2n) is 6.37. The van der Waals surface area contributed by atoms with Crippen molar-refractivity contribution in [1.29, 1.82) is 0 Å². The van der Waals surface area contributed by atoms with E-state index in [0.717, 1.165) is 29.7 Å². The molecule has 1 aliphatic rings. The van der Waals surface area contributed by atoms with Crippen LogP contribution in [0.1, 0.15) is 55.8 Å². The monoisotopic (exact) mass is 374 g/mol. The van der Waals surface area contributed by atoms with E-state index in [0.29, 0.717) is 20.9 Å². The lowest BCUT2D eigenvalue weighted by atomic mass is 10.2. The smallest absolute Gasteiger partial charge is 0.349 e. The van der Waals surface area contributed by atoms with Crippen molar-refractivity contribution >= 4 is 38.9 Å². The van der Waals surface area contributed by atoms with E-state index in [9.17, 15) is 9.59 Å². The Labute approximate surface area is 152 Å². The van der Waals surface area contributed by atoms with Crippen molar-refractivity contribution in [2.75, 3.05) is 0 Å². The topological polar surface area (TPSA) is 72.0 Å². The highest BCUT2D eigenvalue weighted by molar-refractivity contribution is 7.18. The fraction of sp³-hybridized carbons (Fsp3) is 0.389. The fourth-order valence-corrected chi connectivity index (χ4v) is 5.34. The first-order chi connectivity index (χ1) is 11.9. The van der Waals surface area contributed by atoms with Gasteiger partial charge in [-0.05, 0) is 57.2 Å². The van der Waals surface area contributed by atoms with E-state index >= 15 is 0 Å². The molecule has 4 rings (SSSR count). The minimum Gasteiger partial charge on any atom is -0.450 e. The van der Waals surface area contributed by atoms with Gasteiger partial charge in [-0.25, -0.2) is 9.78 Å². The molecule has 3 heterocycles. The summed E-state index contributed by atoms with van der Waals surface area (Å²) >= 11 is 3.00. The molecular weight excluding hydrogens is 356 g/mol. The van der Waals surface area contributed by atoms with E-state index in [1.54, 1.807) is 6.92 Å². The van der Waals surface area contributed by atoms with Crippen LogP contribution in [0.25, 0.3) is 10.2 Å². The molecule has 0 bridgehead atoms. The van der Waals surface area contributed by atoms with E-state index in [4.69, 9.17) is 4.74 Å². The number of hydrogen-bond donors (Lipinski definition) is 1. The van der Waals surface area contributed by atoms with Gasteiger partial charge in [0, 0.05) is 9.75 Å². The van der Waals surface area contributed by atoms with E-state index in [2.05, 4.69) is 9.97 Å². The summed E-state index contributed by atoms with van der Waals surface area (Å²) < 4.78 is 5.54. The molecule has 130 valence electrons. The van der Waals surface area contributed by atoms with Gasteiger partial charge in [0.1, 0.15) is 9.71 Å². The van der Waals surface area contributed by atoms with Gasteiger partial charge in [-0.2, -0.15) is 0 Å². The van der Waals surface area contributed by atoms with Crippen LogP contribution >= 0.6 is 22.7 Å². The molecule has 3 aromatic rings. The number of nitrogens with one attached hydrogen (secondary N) is 1. The quantitative estimate of drug-likeness (QED) is 0.702.